The molecule has 5 nitrogen and oxygen atoms in total. The Kier molecular flexibility index (Phi) is 7.41. The highest BCUT2D eigenvalue weighted by Gasteiger charge is 2.18. The third-order valence-corrected chi connectivity index (χ3v) is 4.44. The normalized spacial score (nSPS) is 11.6. The minimum atomic E-state index is -0.511. The summed E-state index contributed by atoms with van der Waals surface area (Å²) in [4.78, 5) is 23.7. The van der Waals surface area contributed by atoms with Crippen LogP contribution in [0.15, 0.2) is 36.4 Å². The molecule has 0 radical (unpaired) electrons. The fraction of sp³-hybridized carbons (Fsp3) is 0.176. The van der Waals surface area contributed by atoms with Crippen molar-refractivity contribution in [1.29, 1.82) is 0 Å². The van der Waals surface area contributed by atoms with E-state index in [0.29, 0.717) is 15.7 Å². The standard InChI is InChI=1S/C17H15Cl4N3O2/c1-9(25)22-15(10-2-4-11(18)5-3-10)8-16(26)23-24-17-13(20)6-12(19)7-14(17)21/h2-7,15,24H,8H2,1H3,(H,22,25)(H,23,26). The molecule has 0 spiro atoms. The minimum absolute atomic E-state index is 0.00294. The SMILES string of the molecule is CC(=O)NC(CC(=O)NNc1c(Cl)cc(Cl)cc1Cl)c1ccc(Cl)cc1. The highest BCUT2D eigenvalue weighted by molar-refractivity contribution is 6.41. The van der Waals surface area contributed by atoms with Crippen molar-refractivity contribution in [2.45, 2.75) is 19.4 Å². The average molecular weight is 435 g/mol. The molecule has 3 N–H and O–H groups in total. The van der Waals surface area contributed by atoms with Gasteiger partial charge in [0.1, 0.15) is 0 Å². The van der Waals surface area contributed by atoms with Crippen LogP contribution in [0.5, 0.6) is 0 Å². The van der Waals surface area contributed by atoms with Gasteiger partial charge in [0.05, 0.1) is 28.2 Å². The van der Waals surface area contributed by atoms with E-state index in [2.05, 4.69) is 16.2 Å². The third kappa shape index (κ3) is 5.95. The van der Waals surface area contributed by atoms with Crippen LogP contribution in [0, 0.1) is 0 Å². The largest absolute Gasteiger partial charge is 0.349 e. The number of anilines is 1. The summed E-state index contributed by atoms with van der Waals surface area (Å²) in [6.07, 6.45) is -0.00294. The van der Waals surface area contributed by atoms with Crippen LogP contribution in [0.2, 0.25) is 20.1 Å². The van der Waals surface area contributed by atoms with Crippen molar-refractivity contribution < 1.29 is 9.59 Å². The second kappa shape index (κ2) is 9.33. The van der Waals surface area contributed by atoms with E-state index >= 15 is 0 Å². The molecular formula is C17H15Cl4N3O2. The van der Waals surface area contributed by atoms with E-state index < -0.39 is 6.04 Å². The molecule has 0 saturated heterocycles. The number of nitrogens with one attached hydrogen (secondary N) is 3. The van der Waals surface area contributed by atoms with E-state index in [0.717, 1.165) is 5.56 Å². The molecule has 2 amide bonds. The van der Waals surface area contributed by atoms with Crippen LogP contribution < -0.4 is 16.2 Å². The van der Waals surface area contributed by atoms with Gasteiger partial charge in [-0.2, -0.15) is 0 Å². The van der Waals surface area contributed by atoms with Crippen LogP contribution in [0.3, 0.4) is 0 Å². The summed E-state index contributed by atoms with van der Waals surface area (Å²) in [5.74, 6) is -0.629. The fourth-order valence-electron chi connectivity index (χ4n) is 2.22. The van der Waals surface area contributed by atoms with Gasteiger partial charge in [-0.3, -0.25) is 20.4 Å². The number of rotatable bonds is 6. The monoisotopic (exact) mass is 433 g/mol. The topological polar surface area (TPSA) is 70.2 Å². The summed E-state index contributed by atoms with van der Waals surface area (Å²) in [5, 5.41) is 4.20. The maximum atomic E-state index is 12.3. The van der Waals surface area contributed by atoms with Crippen LogP contribution in [0.25, 0.3) is 0 Å². The van der Waals surface area contributed by atoms with Crippen LogP contribution in [0.1, 0.15) is 24.9 Å². The molecule has 2 aromatic carbocycles. The summed E-state index contributed by atoms with van der Waals surface area (Å²) >= 11 is 23.8. The molecule has 0 aliphatic carbocycles. The van der Waals surface area contributed by atoms with Crippen LogP contribution in [-0.4, -0.2) is 11.8 Å². The lowest BCUT2D eigenvalue weighted by Gasteiger charge is -2.19. The van der Waals surface area contributed by atoms with Gasteiger partial charge in [0, 0.05) is 17.0 Å². The Balaban J connectivity index is 2.05. The maximum Gasteiger partial charge on any atom is 0.240 e. The molecule has 0 fully saturated rings. The van der Waals surface area contributed by atoms with Gasteiger partial charge < -0.3 is 5.32 Å². The van der Waals surface area contributed by atoms with E-state index in [4.69, 9.17) is 46.4 Å². The van der Waals surface area contributed by atoms with E-state index in [1.165, 1.54) is 19.1 Å². The van der Waals surface area contributed by atoms with Crippen molar-refractivity contribution in [2.75, 3.05) is 5.43 Å². The third-order valence-electron chi connectivity index (χ3n) is 3.37. The number of halogens is 4. The summed E-state index contributed by atoms with van der Waals surface area (Å²) in [6.45, 7) is 1.38. The van der Waals surface area contributed by atoms with Crippen LogP contribution >= 0.6 is 46.4 Å². The molecule has 0 aliphatic heterocycles. The van der Waals surface area contributed by atoms with E-state index in [1.807, 2.05) is 0 Å². The molecule has 26 heavy (non-hydrogen) atoms. The van der Waals surface area contributed by atoms with Crippen molar-refractivity contribution in [2.24, 2.45) is 0 Å². The molecular weight excluding hydrogens is 420 g/mol. The Bertz CT molecular complexity index is 789. The minimum Gasteiger partial charge on any atom is -0.349 e. The Morgan fingerprint density at radius 1 is 0.962 bits per heavy atom. The first-order chi connectivity index (χ1) is 12.3. The van der Waals surface area contributed by atoms with Gasteiger partial charge in [0.2, 0.25) is 11.8 Å². The lowest BCUT2D eigenvalue weighted by atomic mass is 10.0. The van der Waals surface area contributed by atoms with Crippen molar-refractivity contribution in [3.63, 3.8) is 0 Å². The molecule has 0 saturated carbocycles. The quantitative estimate of drug-likeness (QED) is 0.559. The molecule has 2 rings (SSSR count). The number of benzene rings is 2. The van der Waals surface area contributed by atoms with Gasteiger partial charge >= 0.3 is 0 Å². The van der Waals surface area contributed by atoms with E-state index in [-0.39, 0.29) is 28.3 Å². The number of hydrogen-bond acceptors (Lipinski definition) is 3. The lowest BCUT2D eigenvalue weighted by molar-refractivity contribution is -0.122. The Morgan fingerprint density at radius 2 is 1.54 bits per heavy atom. The van der Waals surface area contributed by atoms with Gasteiger partial charge in [0.15, 0.2) is 0 Å². The molecule has 9 heteroatoms. The summed E-state index contributed by atoms with van der Waals surface area (Å²) in [6, 6.07) is 9.36. The average Bonchev–Trinajstić information content (AvgIpc) is 2.53. The van der Waals surface area contributed by atoms with Crippen LogP contribution in [-0.2, 0) is 9.59 Å². The van der Waals surface area contributed by atoms with Crippen molar-refractivity contribution in [3.05, 3.63) is 62.1 Å². The zero-order valence-corrected chi connectivity index (χ0v) is 16.6. The Morgan fingerprint density at radius 3 is 2.08 bits per heavy atom. The molecule has 1 unspecified atom stereocenters. The Hall–Kier alpha value is -1.66. The van der Waals surface area contributed by atoms with Gasteiger partial charge in [-0.25, -0.2) is 0 Å². The predicted octanol–water partition coefficient (Wildman–Crippen LogP) is 5.01. The van der Waals surface area contributed by atoms with Gasteiger partial charge in [0.25, 0.3) is 0 Å². The molecule has 0 aromatic heterocycles. The van der Waals surface area contributed by atoms with Crippen molar-refractivity contribution in [1.82, 2.24) is 10.7 Å². The summed E-state index contributed by atoms with van der Waals surface area (Å²) in [5.41, 5.74) is 6.26. The Labute approximate surface area is 170 Å². The first-order valence-electron chi connectivity index (χ1n) is 7.48. The molecule has 2 aromatic rings. The molecule has 138 valence electrons. The second-order valence-electron chi connectivity index (χ2n) is 5.43. The van der Waals surface area contributed by atoms with E-state index in [1.54, 1.807) is 24.3 Å². The highest BCUT2D eigenvalue weighted by atomic mass is 35.5. The molecule has 1 atom stereocenters. The summed E-state index contributed by atoms with van der Waals surface area (Å²) < 4.78 is 0. The number of amides is 2. The fourth-order valence-corrected chi connectivity index (χ4v) is 3.26. The molecule has 0 aliphatic rings. The summed E-state index contributed by atoms with van der Waals surface area (Å²) in [7, 11) is 0. The van der Waals surface area contributed by atoms with Gasteiger partial charge in [-0.05, 0) is 29.8 Å². The lowest BCUT2D eigenvalue weighted by Crippen LogP contribution is -2.35. The zero-order chi connectivity index (χ0) is 19.3. The van der Waals surface area contributed by atoms with Crippen molar-refractivity contribution >= 4 is 63.9 Å². The first-order valence-corrected chi connectivity index (χ1v) is 8.99. The number of hydrazine groups is 1. The second-order valence-corrected chi connectivity index (χ2v) is 7.11. The first kappa shape index (κ1) is 20.6. The molecule has 0 heterocycles. The zero-order valence-electron chi connectivity index (χ0n) is 13.6. The number of carbonyl (C=O) groups excluding carboxylic acids is 2. The van der Waals surface area contributed by atoms with Crippen LogP contribution in [0.4, 0.5) is 5.69 Å². The van der Waals surface area contributed by atoms with Crippen molar-refractivity contribution in [3.8, 4) is 0 Å². The van der Waals surface area contributed by atoms with Gasteiger partial charge in [-0.1, -0.05) is 58.5 Å². The number of carbonyl (C=O) groups is 2. The molecule has 0 bridgehead atoms. The smallest absolute Gasteiger partial charge is 0.240 e. The van der Waals surface area contributed by atoms with Gasteiger partial charge in [-0.15, -0.1) is 0 Å². The predicted molar refractivity (Wildman–Crippen MR) is 106 cm³/mol. The highest BCUT2D eigenvalue weighted by Crippen LogP contribution is 2.33. The number of hydrogen-bond donors (Lipinski definition) is 3. The maximum absolute atomic E-state index is 12.3. The van der Waals surface area contributed by atoms with E-state index in [9.17, 15) is 9.59 Å².